The summed E-state index contributed by atoms with van der Waals surface area (Å²) in [7, 11) is 0. The lowest BCUT2D eigenvalue weighted by Crippen LogP contribution is -2.26. The number of benzene rings is 3. The van der Waals surface area contributed by atoms with Crippen molar-refractivity contribution in [3.8, 4) is 0 Å². The molecule has 412 valence electrons. The molecule has 8 rings (SSSR count). The van der Waals surface area contributed by atoms with Crippen LogP contribution in [0.3, 0.4) is 0 Å². The number of aromatic nitrogens is 4. The molecule has 3 aromatic carbocycles. The van der Waals surface area contributed by atoms with Crippen LogP contribution in [0, 0.1) is 0 Å². The summed E-state index contributed by atoms with van der Waals surface area (Å²) >= 11 is 0. The number of nitrogens with zero attached hydrogens (tertiary/aromatic N) is 5. The van der Waals surface area contributed by atoms with Crippen LogP contribution in [0.25, 0.3) is 0 Å². The molecule has 75 heavy (non-hydrogen) atoms. The minimum atomic E-state index is -2.56. The highest BCUT2D eigenvalue weighted by molar-refractivity contribution is 5.56. The molecule has 2 fully saturated rings. The van der Waals surface area contributed by atoms with Gasteiger partial charge in [-0.2, -0.15) is 5.10 Å². The van der Waals surface area contributed by atoms with Crippen LogP contribution in [0.15, 0.2) is 102 Å². The van der Waals surface area contributed by atoms with Crippen molar-refractivity contribution in [2.24, 2.45) is 0 Å². The highest BCUT2D eigenvalue weighted by atomic mass is 19.3. The first-order valence-corrected chi connectivity index (χ1v) is 27.5. The van der Waals surface area contributed by atoms with Crippen LogP contribution in [-0.2, 0) is 12.8 Å². The van der Waals surface area contributed by atoms with Crippen LogP contribution in [0.2, 0.25) is 0 Å². The van der Waals surface area contributed by atoms with Crippen LogP contribution in [-0.4, -0.2) is 63.3 Å². The third-order valence-corrected chi connectivity index (χ3v) is 14.0. The SMILES string of the molecule is CC(C)c1cccc(C(C)O)c1C(C)C.CC(C)c1ccccc1C(C)c1cnco1.CC(C)c1ccccc1N1CCC(F)(F)C1.CC(C)c1cccnc1N1CCC(F)(F)C1.CCc1n[nH]c(CC)c1C(C)C. The second-order valence-electron chi connectivity index (χ2n) is 22.0. The number of aromatic amines is 1. The number of hydrogen-bond acceptors (Lipinski definition) is 7. The molecule has 2 N–H and O–H groups in total. The van der Waals surface area contributed by atoms with Crippen molar-refractivity contribution >= 4 is 11.5 Å². The van der Waals surface area contributed by atoms with Crippen molar-refractivity contribution in [1.82, 2.24) is 20.2 Å². The van der Waals surface area contributed by atoms with Crippen molar-refractivity contribution in [3.05, 3.63) is 159 Å². The van der Waals surface area contributed by atoms with Crippen LogP contribution in [0.1, 0.15) is 233 Å². The Hall–Kier alpha value is -5.49. The fourth-order valence-corrected chi connectivity index (χ4v) is 10.1. The summed E-state index contributed by atoms with van der Waals surface area (Å²) in [5.74, 6) is -0.410. The van der Waals surface area contributed by atoms with Crippen LogP contribution in [0.5, 0.6) is 0 Å². The zero-order valence-electron chi connectivity index (χ0n) is 48.1. The van der Waals surface area contributed by atoms with E-state index in [-0.39, 0.29) is 38.0 Å². The number of pyridine rings is 1. The van der Waals surface area contributed by atoms with Crippen molar-refractivity contribution < 1.29 is 27.1 Å². The Kier molecular flexibility index (Phi) is 23.7. The van der Waals surface area contributed by atoms with Gasteiger partial charge in [0.1, 0.15) is 11.6 Å². The summed E-state index contributed by atoms with van der Waals surface area (Å²) in [5, 5.41) is 17.2. The first kappa shape index (κ1) is 62.1. The second kappa shape index (κ2) is 28.6. The van der Waals surface area contributed by atoms with E-state index in [1.165, 1.54) is 45.6 Å². The maximum Gasteiger partial charge on any atom is 0.266 e. The third-order valence-electron chi connectivity index (χ3n) is 14.0. The molecule has 6 aromatic rings. The van der Waals surface area contributed by atoms with Gasteiger partial charge < -0.3 is 19.3 Å². The number of aryl methyl sites for hydroxylation is 2. The van der Waals surface area contributed by atoms with Gasteiger partial charge >= 0.3 is 0 Å². The smallest absolute Gasteiger partial charge is 0.266 e. The molecular weight excluding hydrogens is 949 g/mol. The van der Waals surface area contributed by atoms with Gasteiger partial charge in [-0.15, -0.1) is 0 Å². The van der Waals surface area contributed by atoms with Gasteiger partial charge in [-0.3, -0.25) is 5.10 Å². The highest BCUT2D eigenvalue weighted by Crippen LogP contribution is 2.37. The van der Waals surface area contributed by atoms with Gasteiger partial charge in [-0.1, -0.05) is 171 Å². The predicted octanol–water partition coefficient (Wildman–Crippen LogP) is 17.3. The molecule has 0 radical (unpaired) electrons. The normalized spacial score (nSPS) is 15.6. The molecule has 3 aromatic heterocycles. The summed E-state index contributed by atoms with van der Waals surface area (Å²) in [4.78, 5) is 11.7. The van der Waals surface area contributed by atoms with Gasteiger partial charge in [0, 0.05) is 49.4 Å². The fourth-order valence-electron chi connectivity index (χ4n) is 10.1. The maximum atomic E-state index is 13.2. The summed E-state index contributed by atoms with van der Waals surface area (Å²) < 4.78 is 58.0. The Morgan fingerprint density at radius 1 is 0.573 bits per heavy atom. The average Bonchev–Trinajstić information content (AvgIpc) is 4.21. The van der Waals surface area contributed by atoms with Gasteiger partial charge in [0.2, 0.25) is 0 Å². The first-order valence-electron chi connectivity index (χ1n) is 27.5. The molecule has 5 heterocycles. The number of nitrogens with one attached hydrogen (secondary N) is 1. The number of aliphatic hydroxyl groups is 1. The van der Waals surface area contributed by atoms with E-state index in [4.69, 9.17) is 4.42 Å². The zero-order valence-corrected chi connectivity index (χ0v) is 48.1. The van der Waals surface area contributed by atoms with Gasteiger partial charge in [0.05, 0.1) is 31.1 Å². The van der Waals surface area contributed by atoms with Crippen LogP contribution < -0.4 is 9.80 Å². The van der Waals surface area contributed by atoms with E-state index >= 15 is 0 Å². The highest BCUT2D eigenvalue weighted by Gasteiger charge is 2.40. The number of rotatable bonds is 13. The topological polar surface area (TPSA) is 94.3 Å². The zero-order chi connectivity index (χ0) is 55.8. The van der Waals surface area contributed by atoms with E-state index in [1.54, 1.807) is 22.2 Å². The van der Waals surface area contributed by atoms with Gasteiger partial charge in [0.25, 0.3) is 11.8 Å². The molecule has 2 aliphatic heterocycles. The number of anilines is 2. The van der Waals surface area contributed by atoms with Gasteiger partial charge in [0.15, 0.2) is 6.39 Å². The Bertz CT molecular complexity index is 2480. The number of H-pyrrole nitrogens is 1. The summed E-state index contributed by atoms with van der Waals surface area (Å²) in [5.41, 5.74) is 13.6. The van der Waals surface area contributed by atoms with E-state index in [2.05, 4.69) is 154 Å². The number of para-hydroxylation sites is 1. The molecule has 12 heteroatoms. The quantitative estimate of drug-likeness (QED) is 0.111. The van der Waals surface area contributed by atoms with Crippen molar-refractivity contribution in [3.63, 3.8) is 0 Å². The van der Waals surface area contributed by atoms with E-state index in [0.29, 0.717) is 48.6 Å². The lowest BCUT2D eigenvalue weighted by molar-refractivity contribution is 0.0250. The monoisotopic (exact) mass is 1040 g/mol. The number of hydrogen-bond donors (Lipinski definition) is 2. The Balaban J connectivity index is 0.000000204. The minimum absolute atomic E-state index is 0.0283. The molecule has 2 saturated heterocycles. The third kappa shape index (κ3) is 17.5. The lowest BCUT2D eigenvalue weighted by atomic mass is 9.85. The van der Waals surface area contributed by atoms with E-state index in [9.17, 15) is 22.7 Å². The number of aliphatic hydroxyl groups excluding tert-OH is 1. The molecule has 2 unspecified atom stereocenters. The van der Waals surface area contributed by atoms with Crippen LogP contribution >= 0.6 is 0 Å². The van der Waals surface area contributed by atoms with Gasteiger partial charge in [-0.25, -0.2) is 27.5 Å². The maximum absolute atomic E-state index is 13.2. The Morgan fingerprint density at radius 2 is 1.08 bits per heavy atom. The predicted molar refractivity (Wildman–Crippen MR) is 304 cm³/mol. The molecule has 0 aliphatic carbocycles. The average molecular weight is 1040 g/mol. The van der Waals surface area contributed by atoms with E-state index in [0.717, 1.165) is 46.8 Å². The number of oxazole rings is 1. The van der Waals surface area contributed by atoms with Crippen molar-refractivity contribution in [2.75, 3.05) is 36.0 Å². The standard InChI is InChI=1S/C14H17NO.C14H22O.C13H17F2N.C12H16F2N2.C10H18N2/c1-10(2)12-6-4-5-7-13(12)11(3)14-8-15-9-16-14;1-9(2)12-7-6-8-13(11(5)15)14(12)10(3)4;1-10(2)11-5-3-4-6-12(11)16-8-7-13(14,15)9-16;1-9(2)10-4-3-6-15-11(10)16-7-5-12(13,14)8-16;1-5-8-10(7(3)4)9(6-2)12-11-8/h4-11H,1-3H3;6-11,15H,1-5H3;3-6,10H,7-9H2,1-2H3;3-4,6,9H,5,7-8H2,1-2H3;7H,5-6H2,1-4H3,(H,11,12). The Morgan fingerprint density at radius 3 is 1.56 bits per heavy atom. The number of alkyl halides is 4. The fraction of sp³-hybridized carbons (Fsp3) is 0.540. The molecule has 0 amide bonds. The van der Waals surface area contributed by atoms with E-state index < -0.39 is 11.8 Å². The molecule has 8 nitrogen and oxygen atoms in total. The molecule has 0 saturated carbocycles. The molecule has 2 atom stereocenters. The second-order valence-corrected chi connectivity index (χ2v) is 22.0. The number of halogens is 4. The van der Waals surface area contributed by atoms with Gasteiger partial charge in [-0.05, 0) is 112 Å². The minimum Gasteiger partial charge on any atom is -0.448 e. The molecular formula is C63H90F4N6O2. The summed E-state index contributed by atoms with van der Waals surface area (Å²) in [6, 6.07) is 26.4. The summed E-state index contributed by atoms with van der Waals surface area (Å²) in [6.07, 6.45) is 6.56. The largest absolute Gasteiger partial charge is 0.448 e. The molecule has 0 spiro atoms. The van der Waals surface area contributed by atoms with Crippen molar-refractivity contribution in [2.45, 2.75) is 196 Å². The Labute approximate surface area is 448 Å². The van der Waals surface area contributed by atoms with Crippen molar-refractivity contribution in [1.29, 1.82) is 0 Å². The molecule has 0 bridgehead atoms. The lowest BCUT2D eigenvalue weighted by Gasteiger charge is -2.23. The van der Waals surface area contributed by atoms with Crippen LogP contribution in [0.4, 0.5) is 29.1 Å². The summed E-state index contributed by atoms with van der Waals surface area (Å²) in [6.45, 7) is 34.8. The first-order chi connectivity index (χ1) is 35.3. The molecule has 2 aliphatic rings. The van der Waals surface area contributed by atoms with E-state index in [1.807, 2.05) is 55.5 Å².